The topological polar surface area (TPSA) is 120 Å². The Morgan fingerprint density at radius 3 is 2.38 bits per heavy atom. The number of anilines is 2. The van der Waals surface area contributed by atoms with Gasteiger partial charge in [0.1, 0.15) is 5.82 Å². The summed E-state index contributed by atoms with van der Waals surface area (Å²) in [6.45, 7) is 3.30. The number of rotatable bonds is 5. The Morgan fingerprint density at radius 2 is 1.76 bits per heavy atom. The Kier molecular flexibility index (Phi) is 4.97. The molecule has 34 heavy (non-hydrogen) atoms. The fourth-order valence-electron chi connectivity index (χ4n) is 4.98. The third-order valence-electron chi connectivity index (χ3n) is 7.19. The standard InChI is InChI=1S/C25H26N8O/c1-16-4-2-11-33(16)21-8-5-17(12-28-21)22-31-23(32-34-22)25(9-3-10-25)19-6-7-20(27-15-19)18-13-29-24(26)30-14-18/h5-8,12-16H,2-4,9-11H2,1H3,(H2,26,29,30). The molecular weight excluding hydrogens is 428 g/mol. The molecular formula is C25H26N8O. The van der Waals surface area contributed by atoms with Crippen LogP contribution in [0.5, 0.6) is 0 Å². The minimum atomic E-state index is -0.275. The zero-order valence-corrected chi connectivity index (χ0v) is 19.1. The first kappa shape index (κ1) is 20.7. The maximum atomic E-state index is 5.68. The largest absolute Gasteiger partial charge is 0.368 e. The van der Waals surface area contributed by atoms with Crippen LogP contribution in [-0.4, -0.2) is 42.7 Å². The van der Waals surface area contributed by atoms with Gasteiger partial charge in [-0.15, -0.1) is 0 Å². The zero-order chi connectivity index (χ0) is 23.1. The van der Waals surface area contributed by atoms with E-state index in [0.29, 0.717) is 17.8 Å². The van der Waals surface area contributed by atoms with E-state index in [9.17, 15) is 0 Å². The number of aromatic nitrogens is 6. The predicted octanol–water partition coefficient (Wildman–Crippen LogP) is 4.02. The highest BCUT2D eigenvalue weighted by molar-refractivity contribution is 5.58. The lowest BCUT2D eigenvalue weighted by atomic mass is 9.64. The second-order valence-corrected chi connectivity index (χ2v) is 9.21. The van der Waals surface area contributed by atoms with Crippen LogP contribution in [0.3, 0.4) is 0 Å². The highest BCUT2D eigenvalue weighted by Gasteiger charge is 2.45. The molecule has 2 fully saturated rings. The van der Waals surface area contributed by atoms with Crippen molar-refractivity contribution in [3.8, 4) is 22.7 Å². The molecule has 0 amide bonds. The van der Waals surface area contributed by atoms with Crippen LogP contribution in [0.15, 0.2) is 53.6 Å². The minimum absolute atomic E-state index is 0.247. The van der Waals surface area contributed by atoms with Crippen LogP contribution in [-0.2, 0) is 5.41 Å². The van der Waals surface area contributed by atoms with Crippen molar-refractivity contribution in [3.63, 3.8) is 0 Å². The summed E-state index contributed by atoms with van der Waals surface area (Å²) in [7, 11) is 0. The average molecular weight is 455 g/mol. The second-order valence-electron chi connectivity index (χ2n) is 9.21. The quantitative estimate of drug-likeness (QED) is 0.476. The molecule has 4 aromatic heterocycles. The average Bonchev–Trinajstić information content (AvgIpc) is 3.49. The molecule has 2 N–H and O–H groups in total. The minimum Gasteiger partial charge on any atom is -0.368 e. The van der Waals surface area contributed by atoms with Gasteiger partial charge in [-0.1, -0.05) is 17.6 Å². The summed E-state index contributed by atoms with van der Waals surface area (Å²) >= 11 is 0. The smallest absolute Gasteiger partial charge is 0.259 e. The summed E-state index contributed by atoms with van der Waals surface area (Å²) in [6, 6.07) is 8.65. The predicted molar refractivity (Wildman–Crippen MR) is 128 cm³/mol. The van der Waals surface area contributed by atoms with Gasteiger partial charge in [0.25, 0.3) is 5.89 Å². The first-order valence-corrected chi connectivity index (χ1v) is 11.7. The summed E-state index contributed by atoms with van der Waals surface area (Å²) in [4.78, 5) is 24.6. The van der Waals surface area contributed by atoms with Gasteiger partial charge in [0.15, 0.2) is 5.82 Å². The van der Waals surface area contributed by atoms with E-state index in [1.165, 1.54) is 12.8 Å². The summed E-state index contributed by atoms with van der Waals surface area (Å²) in [5.74, 6) is 2.45. The van der Waals surface area contributed by atoms with Crippen molar-refractivity contribution in [1.82, 2.24) is 30.1 Å². The van der Waals surface area contributed by atoms with Crippen molar-refractivity contribution < 1.29 is 4.52 Å². The molecule has 1 atom stereocenters. The number of hydrogen-bond acceptors (Lipinski definition) is 9. The Bertz CT molecular complexity index is 1280. The molecule has 2 aliphatic rings. The SMILES string of the molecule is CC1CCCN1c1ccc(-c2nc(C3(c4ccc(-c5cnc(N)nc5)nc4)CCC3)no2)cn1. The molecule has 1 aliphatic carbocycles. The molecule has 4 aromatic rings. The lowest BCUT2D eigenvalue weighted by Crippen LogP contribution is -2.36. The van der Waals surface area contributed by atoms with Gasteiger partial charge < -0.3 is 15.2 Å². The van der Waals surface area contributed by atoms with E-state index in [1.54, 1.807) is 12.4 Å². The molecule has 0 bridgehead atoms. The molecule has 172 valence electrons. The van der Waals surface area contributed by atoms with Gasteiger partial charge in [0, 0.05) is 42.9 Å². The van der Waals surface area contributed by atoms with Crippen LogP contribution >= 0.6 is 0 Å². The van der Waals surface area contributed by atoms with Crippen LogP contribution in [0.4, 0.5) is 11.8 Å². The molecule has 1 unspecified atom stereocenters. The molecule has 6 rings (SSSR count). The summed E-state index contributed by atoms with van der Waals surface area (Å²) in [5.41, 5.74) is 8.86. The zero-order valence-electron chi connectivity index (χ0n) is 19.1. The van der Waals surface area contributed by atoms with Crippen molar-refractivity contribution in [3.05, 3.63) is 60.4 Å². The number of nitrogens with two attached hydrogens (primary N) is 1. The Balaban J connectivity index is 1.25. The van der Waals surface area contributed by atoms with Crippen LogP contribution in [0.2, 0.25) is 0 Å². The summed E-state index contributed by atoms with van der Waals surface area (Å²) in [6.07, 6.45) is 12.5. The molecule has 1 saturated carbocycles. The first-order chi connectivity index (χ1) is 16.6. The van der Waals surface area contributed by atoms with E-state index >= 15 is 0 Å². The fraction of sp³-hybridized carbons (Fsp3) is 0.360. The highest BCUT2D eigenvalue weighted by atomic mass is 16.5. The fourth-order valence-corrected chi connectivity index (χ4v) is 4.98. The van der Waals surface area contributed by atoms with Gasteiger partial charge in [0.05, 0.1) is 16.7 Å². The molecule has 0 radical (unpaired) electrons. The summed E-state index contributed by atoms with van der Waals surface area (Å²) < 4.78 is 5.68. The summed E-state index contributed by atoms with van der Waals surface area (Å²) in [5, 5.41) is 4.38. The van der Waals surface area contributed by atoms with E-state index < -0.39 is 0 Å². The van der Waals surface area contributed by atoms with E-state index in [0.717, 1.165) is 54.0 Å². The van der Waals surface area contributed by atoms with Crippen molar-refractivity contribution in [2.24, 2.45) is 0 Å². The van der Waals surface area contributed by atoms with Gasteiger partial charge in [-0.05, 0) is 56.4 Å². The maximum Gasteiger partial charge on any atom is 0.259 e. The third kappa shape index (κ3) is 3.48. The molecule has 0 aromatic carbocycles. The first-order valence-electron chi connectivity index (χ1n) is 11.7. The van der Waals surface area contributed by atoms with Crippen molar-refractivity contribution in [1.29, 1.82) is 0 Å². The Morgan fingerprint density at radius 1 is 0.941 bits per heavy atom. The van der Waals surface area contributed by atoms with Gasteiger partial charge in [-0.25, -0.2) is 15.0 Å². The number of nitrogen functional groups attached to an aromatic ring is 1. The van der Waals surface area contributed by atoms with Crippen LogP contribution in [0.1, 0.15) is 50.4 Å². The number of nitrogens with zero attached hydrogens (tertiary/aromatic N) is 7. The molecule has 1 aliphatic heterocycles. The molecule has 5 heterocycles. The van der Waals surface area contributed by atoms with Crippen LogP contribution < -0.4 is 10.6 Å². The normalized spacial score (nSPS) is 19.2. The molecule has 1 saturated heterocycles. The van der Waals surface area contributed by atoms with E-state index in [4.69, 9.17) is 15.2 Å². The van der Waals surface area contributed by atoms with E-state index in [2.05, 4.69) is 43.0 Å². The van der Waals surface area contributed by atoms with Gasteiger partial charge in [0.2, 0.25) is 5.95 Å². The highest BCUT2D eigenvalue weighted by Crippen LogP contribution is 2.48. The van der Waals surface area contributed by atoms with Gasteiger partial charge in [-0.2, -0.15) is 4.98 Å². The molecule has 9 heteroatoms. The maximum absolute atomic E-state index is 5.68. The van der Waals surface area contributed by atoms with Gasteiger partial charge in [-0.3, -0.25) is 4.98 Å². The van der Waals surface area contributed by atoms with Crippen molar-refractivity contribution in [2.75, 3.05) is 17.2 Å². The molecule has 9 nitrogen and oxygen atoms in total. The van der Waals surface area contributed by atoms with Gasteiger partial charge >= 0.3 is 0 Å². The Hall–Kier alpha value is -3.88. The monoisotopic (exact) mass is 454 g/mol. The van der Waals surface area contributed by atoms with Crippen LogP contribution in [0, 0.1) is 0 Å². The molecule has 0 spiro atoms. The van der Waals surface area contributed by atoms with Crippen LogP contribution in [0.25, 0.3) is 22.7 Å². The number of hydrogen-bond donors (Lipinski definition) is 1. The van der Waals surface area contributed by atoms with E-state index in [-0.39, 0.29) is 11.4 Å². The lowest BCUT2D eigenvalue weighted by molar-refractivity contribution is 0.272. The lowest BCUT2D eigenvalue weighted by Gasteiger charge is -2.39. The Labute approximate surface area is 197 Å². The number of pyridine rings is 2. The van der Waals surface area contributed by atoms with Crippen molar-refractivity contribution in [2.45, 2.75) is 50.5 Å². The second kappa shape index (κ2) is 8.16. The third-order valence-corrected chi connectivity index (χ3v) is 7.19. The van der Waals surface area contributed by atoms with Crippen molar-refractivity contribution >= 4 is 11.8 Å². The van der Waals surface area contributed by atoms with E-state index in [1.807, 2.05) is 30.6 Å².